The van der Waals surface area contributed by atoms with E-state index in [0.29, 0.717) is 24.7 Å². The summed E-state index contributed by atoms with van der Waals surface area (Å²) in [5.41, 5.74) is 0.0513. The second-order valence-corrected chi connectivity index (χ2v) is 6.11. The molecule has 1 atom stereocenters. The van der Waals surface area contributed by atoms with E-state index in [2.05, 4.69) is 30.7 Å². The number of aryl methyl sites for hydroxylation is 1. The first-order valence-electron chi connectivity index (χ1n) is 7.62. The molecule has 1 aromatic rings. The van der Waals surface area contributed by atoms with Crippen LogP contribution < -0.4 is 10.6 Å². The van der Waals surface area contributed by atoms with E-state index in [4.69, 9.17) is 4.52 Å². The minimum atomic E-state index is 0. The van der Waals surface area contributed by atoms with Gasteiger partial charge in [0.15, 0.2) is 11.8 Å². The predicted molar refractivity (Wildman–Crippen MR) is 95.5 cm³/mol. The Morgan fingerprint density at radius 1 is 1.57 bits per heavy atom. The summed E-state index contributed by atoms with van der Waals surface area (Å²) in [5, 5.41) is 10.1. The van der Waals surface area contributed by atoms with Gasteiger partial charge in [-0.3, -0.25) is 9.79 Å². The second-order valence-electron chi connectivity index (χ2n) is 6.11. The van der Waals surface area contributed by atoms with Gasteiger partial charge in [-0.25, -0.2) is 0 Å². The van der Waals surface area contributed by atoms with Crippen LogP contribution in [0.15, 0.2) is 9.52 Å². The van der Waals surface area contributed by atoms with E-state index in [1.165, 1.54) is 0 Å². The highest BCUT2D eigenvalue weighted by Crippen LogP contribution is 2.35. The largest absolute Gasteiger partial charge is 0.355 e. The minimum Gasteiger partial charge on any atom is -0.355 e. The van der Waals surface area contributed by atoms with Gasteiger partial charge < -0.3 is 20.1 Å². The normalized spacial score (nSPS) is 24.5. The first kappa shape index (κ1) is 18.0. The summed E-state index contributed by atoms with van der Waals surface area (Å²) >= 11 is 0. The highest BCUT2D eigenvalue weighted by molar-refractivity contribution is 14.0. The van der Waals surface area contributed by atoms with E-state index < -0.39 is 0 Å². The third-order valence-corrected chi connectivity index (χ3v) is 4.34. The summed E-state index contributed by atoms with van der Waals surface area (Å²) in [6.45, 7) is 4.80. The number of carbonyl (C=O) groups excluding carboxylic acids is 1. The third-order valence-electron chi connectivity index (χ3n) is 4.34. The average Bonchev–Trinajstić information content (AvgIpc) is 3.06. The molecule has 3 rings (SSSR count). The number of carbonyl (C=O) groups is 1. The van der Waals surface area contributed by atoms with Crippen LogP contribution in [0.4, 0.5) is 0 Å². The molecule has 0 aliphatic carbocycles. The van der Waals surface area contributed by atoms with E-state index in [-0.39, 0.29) is 35.3 Å². The highest BCUT2D eigenvalue weighted by Gasteiger charge is 2.42. The van der Waals surface area contributed by atoms with Gasteiger partial charge in [-0.1, -0.05) is 5.16 Å². The molecule has 2 aliphatic heterocycles. The molecule has 3 heterocycles. The lowest BCUT2D eigenvalue weighted by molar-refractivity contribution is -0.119. The fraction of sp³-hybridized carbons (Fsp3) is 0.714. The topological polar surface area (TPSA) is 95.7 Å². The van der Waals surface area contributed by atoms with Crippen molar-refractivity contribution >= 4 is 35.8 Å². The van der Waals surface area contributed by atoms with E-state index in [1.54, 1.807) is 14.0 Å². The molecule has 2 aliphatic rings. The van der Waals surface area contributed by atoms with E-state index in [9.17, 15) is 4.79 Å². The predicted octanol–water partition coefficient (Wildman–Crippen LogP) is 0.674. The Bertz CT molecular complexity index is 590. The average molecular weight is 434 g/mol. The molecule has 1 spiro atoms. The fourth-order valence-electron chi connectivity index (χ4n) is 3.33. The zero-order valence-corrected chi connectivity index (χ0v) is 15.8. The van der Waals surface area contributed by atoms with Crippen LogP contribution in [0.1, 0.15) is 31.0 Å². The van der Waals surface area contributed by atoms with Crippen molar-refractivity contribution in [2.45, 2.75) is 32.7 Å². The lowest BCUT2D eigenvalue weighted by Gasteiger charge is -2.40. The number of amides is 1. The van der Waals surface area contributed by atoms with Crippen molar-refractivity contribution < 1.29 is 9.32 Å². The molecular formula is C14H23IN6O2. The standard InChI is InChI=1S/C14H22N6O2.HI/c1-10-18-11(19-22-10)7-16-13(15-2)20-5-3-4-14(9-20)6-12(21)17-8-14;/h3-9H2,1-2H3,(H,15,16)(H,17,21);1H. The molecule has 2 saturated heterocycles. The number of halogens is 1. The Hall–Kier alpha value is -1.39. The first-order valence-corrected chi connectivity index (χ1v) is 7.62. The summed E-state index contributed by atoms with van der Waals surface area (Å²) in [5.74, 6) is 2.15. The smallest absolute Gasteiger partial charge is 0.223 e. The Morgan fingerprint density at radius 2 is 2.39 bits per heavy atom. The third kappa shape index (κ3) is 4.12. The van der Waals surface area contributed by atoms with Crippen LogP contribution in [-0.2, 0) is 11.3 Å². The number of aromatic nitrogens is 2. The molecule has 9 heteroatoms. The molecule has 0 bridgehead atoms. The molecular weight excluding hydrogens is 411 g/mol. The Labute approximate surface area is 152 Å². The van der Waals surface area contributed by atoms with Gasteiger partial charge in [-0.2, -0.15) is 4.98 Å². The summed E-state index contributed by atoms with van der Waals surface area (Å²) in [6, 6.07) is 0. The number of hydrogen-bond acceptors (Lipinski definition) is 5. The van der Waals surface area contributed by atoms with Crippen molar-refractivity contribution in [2.24, 2.45) is 10.4 Å². The van der Waals surface area contributed by atoms with Gasteiger partial charge >= 0.3 is 0 Å². The molecule has 0 radical (unpaired) electrons. The van der Waals surface area contributed by atoms with Gasteiger partial charge in [-0.15, -0.1) is 24.0 Å². The van der Waals surface area contributed by atoms with Crippen LogP contribution in [0.2, 0.25) is 0 Å². The molecule has 2 N–H and O–H groups in total. The van der Waals surface area contributed by atoms with Crippen molar-refractivity contribution in [3.63, 3.8) is 0 Å². The minimum absolute atomic E-state index is 0. The second kappa shape index (κ2) is 7.45. The molecule has 23 heavy (non-hydrogen) atoms. The summed E-state index contributed by atoms with van der Waals surface area (Å²) < 4.78 is 4.96. The zero-order valence-electron chi connectivity index (χ0n) is 13.5. The van der Waals surface area contributed by atoms with Crippen LogP contribution in [0.25, 0.3) is 0 Å². The number of hydrogen-bond donors (Lipinski definition) is 2. The number of rotatable bonds is 2. The Kier molecular flexibility index (Phi) is 5.82. The lowest BCUT2D eigenvalue weighted by atomic mass is 9.79. The molecule has 2 fully saturated rings. The molecule has 1 amide bonds. The van der Waals surface area contributed by atoms with Crippen LogP contribution in [-0.4, -0.2) is 53.6 Å². The number of nitrogens with one attached hydrogen (secondary N) is 2. The fourth-order valence-corrected chi connectivity index (χ4v) is 3.33. The zero-order chi connectivity index (χ0) is 15.6. The van der Waals surface area contributed by atoms with Gasteiger partial charge in [0.1, 0.15) is 0 Å². The molecule has 1 unspecified atom stereocenters. The molecule has 0 saturated carbocycles. The van der Waals surface area contributed by atoms with Gasteiger partial charge in [-0.05, 0) is 12.8 Å². The highest BCUT2D eigenvalue weighted by atomic mass is 127. The lowest BCUT2D eigenvalue weighted by Crippen LogP contribution is -2.51. The van der Waals surface area contributed by atoms with Crippen molar-refractivity contribution in [3.05, 3.63) is 11.7 Å². The molecule has 8 nitrogen and oxygen atoms in total. The monoisotopic (exact) mass is 434 g/mol. The maximum atomic E-state index is 11.6. The van der Waals surface area contributed by atoms with E-state index in [1.807, 2.05) is 0 Å². The van der Waals surface area contributed by atoms with Crippen molar-refractivity contribution in [2.75, 3.05) is 26.7 Å². The quantitative estimate of drug-likeness (QED) is 0.404. The number of aliphatic imine (C=N–C) groups is 1. The molecule has 128 valence electrons. The Morgan fingerprint density at radius 3 is 3.00 bits per heavy atom. The summed E-state index contributed by atoms with van der Waals surface area (Å²) in [7, 11) is 1.77. The first-order chi connectivity index (χ1) is 10.6. The number of likely N-dealkylation sites (tertiary alicyclic amines) is 1. The van der Waals surface area contributed by atoms with Gasteiger partial charge in [0.05, 0.1) is 6.54 Å². The van der Waals surface area contributed by atoms with Crippen molar-refractivity contribution in [1.29, 1.82) is 0 Å². The van der Waals surface area contributed by atoms with Crippen LogP contribution in [0.5, 0.6) is 0 Å². The van der Waals surface area contributed by atoms with Crippen LogP contribution in [0.3, 0.4) is 0 Å². The van der Waals surface area contributed by atoms with Crippen molar-refractivity contribution in [3.8, 4) is 0 Å². The van der Waals surface area contributed by atoms with E-state index in [0.717, 1.165) is 38.4 Å². The van der Waals surface area contributed by atoms with Gasteiger partial charge in [0.2, 0.25) is 11.8 Å². The maximum absolute atomic E-state index is 11.6. The van der Waals surface area contributed by atoms with Crippen LogP contribution >= 0.6 is 24.0 Å². The number of nitrogens with zero attached hydrogens (tertiary/aromatic N) is 4. The molecule has 1 aromatic heterocycles. The van der Waals surface area contributed by atoms with Gasteiger partial charge in [0.25, 0.3) is 0 Å². The number of piperidine rings is 1. The van der Waals surface area contributed by atoms with Crippen molar-refractivity contribution in [1.82, 2.24) is 25.7 Å². The van der Waals surface area contributed by atoms with Gasteiger partial charge in [0, 0.05) is 45.4 Å². The summed E-state index contributed by atoms with van der Waals surface area (Å²) in [4.78, 5) is 22.3. The maximum Gasteiger partial charge on any atom is 0.223 e. The number of guanidine groups is 1. The van der Waals surface area contributed by atoms with Crippen LogP contribution in [0, 0.1) is 12.3 Å². The van der Waals surface area contributed by atoms with E-state index >= 15 is 0 Å². The SMILES string of the molecule is CN=C(NCc1noc(C)n1)N1CCCC2(CNC(=O)C2)C1.I. The Balaban J connectivity index is 0.00000192. The molecule has 0 aromatic carbocycles. The summed E-state index contributed by atoms with van der Waals surface area (Å²) in [6.07, 6.45) is 2.77.